The summed E-state index contributed by atoms with van der Waals surface area (Å²) in [7, 11) is 0. The van der Waals surface area contributed by atoms with Crippen LogP contribution < -0.4 is 10.3 Å². The second-order valence-corrected chi connectivity index (χ2v) is 9.58. The van der Waals surface area contributed by atoms with E-state index in [1.807, 2.05) is 39.0 Å². The Balaban J connectivity index is 1.34. The topological polar surface area (TPSA) is 91.5 Å². The summed E-state index contributed by atoms with van der Waals surface area (Å²) >= 11 is 0. The molecular formula is C26H26FN5O4. The van der Waals surface area contributed by atoms with Crippen LogP contribution in [0.25, 0.3) is 16.7 Å². The molecule has 36 heavy (non-hydrogen) atoms. The molecule has 1 aromatic carbocycles. The average molecular weight is 492 g/mol. The van der Waals surface area contributed by atoms with Crippen molar-refractivity contribution in [1.82, 2.24) is 24.0 Å². The molecular weight excluding hydrogens is 465 g/mol. The number of hydrogen-bond acceptors (Lipinski definition) is 6. The third-order valence-electron chi connectivity index (χ3n) is 5.73. The summed E-state index contributed by atoms with van der Waals surface area (Å²) in [4.78, 5) is 35.6. The third-order valence-corrected chi connectivity index (χ3v) is 5.73. The highest BCUT2D eigenvalue weighted by molar-refractivity contribution is 5.79. The molecule has 3 aromatic heterocycles. The lowest BCUT2D eigenvalue weighted by atomic mass is 10.2. The van der Waals surface area contributed by atoms with Crippen molar-refractivity contribution >= 4 is 17.1 Å². The molecule has 9 nitrogen and oxygen atoms in total. The first-order valence-electron chi connectivity index (χ1n) is 11.6. The molecule has 0 saturated heterocycles. The monoisotopic (exact) mass is 491 g/mol. The lowest BCUT2D eigenvalue weighted by Gasteiger charge is -2.30. The molecule has 0 bridgehead atoms. The van der Waals surface area contributed by atoms with Crippen molar-refractivity contribution in [2.45, 2.75) is 46.1 Å². The van der Waals surface area contributed by atoms with Crippen molar-refractivity contribution in [2.24, 2.45) is 0 Å². The van der Waals surface area contributed by atoms with Crippen LogP contribution in [0, 0.1) is 5.82 Å². The number of pyridine rings is 2. The number of nitrogens with zero attached hydrogens (tertiary/aromatic N) is 5. The quantitative estimate of drug-likeness (QED) is 0.428. The van der Waals surface area contributed by atoms with Crippen molar-refractivity contribution < 1.29 is 18.7 Å². The number of fused-ring (bicyclic) bond motifs is 3. The van der Waals surface area contributed by atoms with Crippen LogP contribution in [0.4, 0.5) is 9.18 Å². The van der Waals surface area contributed by atoms with Gasteiger partial charge < -0.3 is 14.0 Å². The molecule has 0 aliphatic carbocycles. The number of hydrogen-bond donors (Lipinski definition) is 0. The molecule has 186 valence electrons. The fraction of sp³-hybridized carbons (Fsp3) is 0.308. The van der Waals surface area contributed by atoms with Gasteiger partial charge in [0.25, 0.3) is 5.56 Å². The largest absolute Gasteiger partial charge is 0.487 e. The molecule has 4 aromatic rings. The Bertz CT molecular complexity index is 1490. The predicted octanol–water partition coefficient (Wildman–Crippen LogP) is 4.05. The minimum Gasteiger partial charge on any atom is -0.487 e. The van der Waals surface area contributed by atoms with Gasteiger partial charge in [0.05, 0.1) is 35.2 Å². The summed E-state index contributed by atoms with van der Waals surface area (Å²) in [6, 6.07) is 11.6. The van der Waals surface area contributed by atoms with Gasteiger partial charge in [-0.05, 0) is 57.2 Å². The van der Waals surface area contributed by atoms with E-state index in [1.54, 1.807) is 17.2 Å². The lowest BCUT2D eigenvalue weighted by Crippen LogP contribution is -2.41. The second-order valence-electron chi connectivity index (χ2n) is 9.58. The molecule has 4 heterocycles. The molecule has 1 amide bonds. The van der Waals surface area contributed by atoms with E-state index in [0.29, 0.717) is 36.8 Å². The minimum absolute atomic E-state index is 0.121. The summed E-state index contributed by atoms with van der Waals surface area (Å²) in [6.45, 7) is 7.14. The van der Waals surface area contributed by atoms with Gasteiger partial charge in [-0.3, -0.25) is 19.2 Å². The number of carbonyl (C=O) groups is 1. The van der Waals surface area contributed by atoms with Crippen molar-refractivity contribution in [2.75, 3.05) is 6.54 Å². The van der Waals surface area contributed by atoms with Crippen LogP contribution in [0.1, 0.15) is 32.3 Å². The maximum Gasteiger partial charge on any atom is 0.410 e. The highest BCUT2D eigenvalue weighted by atomic mass is 19.1. The average Bonchev–Trinajstić information content (AvgIpc) is 3.19. The molecule has 5 rings (SSSR count). The standard InChI is InChI=1S/C26H26FN5O4/c1-26(2,3)36-25(34)30-10-11-32-22-7-6-19(12-21(22)29-23(32)15-30)31-9-8-20(13-24(31)33)35-16-18-5-4-17(27)14-28-18/h4-9,12-14H,10-11,15-16H2,1-3H3. The Labute approximate surface area is 206 Å². The molecule has 0 saturated carbocycles. The maximum absolute atomic E-state index is 13.0. The van der Waals surface area contributed by atoms with E-state index in [1.165, 1.54) is 22.8 Å². The Morgan fingerprint density at radius 2 is 1.94 bits per heavy atom. The zero-order chi connectivity index (χ0) is 25.4. The number of imidazole rings is 1. The highest BCUT2D eigenvalue weighted by Crippen LogP contribution is 2.24. The van der Waals surface area contributed by atoms with E-state index in [-0.39, 0.29) is 18.3 Å². The molecule has 1 aliphatic rings. The first-order valence-corrected chi connectivity index (χ1v) is 11.6. The van der Waals surface area contributed by atoms with Crippen LogP contribution >= 0.6 is 0 Å². The van der Waals surface area contributed by atoms with E-state index in [4.69, 9.17) is 14.5 Å². The molecule has 0 N–H and O–H groups in total. The first-order chi connectivity index (χ1) is 17.2. The number of rotatable bonds is 4. The fourth-order valence-corrected chi connectivity index (χ4v) is 4.05. The number of amides is 1. The SMILES string of the molecule is CC(C)(C)OC(=O)N1CCn2c(nc3cc(-n4ccc(OCc5ccc(F)cn5)cc4=O)ccc32)C1. The molecule has 0 fully saturated rings. The second kappa shape index (κ2) is 9.10. The molecule has 0 atom stereocenters. The normalized spacial score (nSPS) is 13.5. The van der Waals surface area contributed by atoms with Crippen LogP contribution in [0.3, 0.4) is 0 Å². The smallest absolute Gasteiger partial charge is 0.410 e. The van der Waals surface area contributed by atoms with Gasteiger partial charge in [-0.25, -0.2) is 14.2 Å². The Kier molecular flexibility index (Phi) is 5.95. The van der Waals surface area contributed by atoms with E-state index < -0.39 is 11.4 Å². The summed E-state index contributed by atoms with van der Waals surface area (Å²) < 4.78 is 27.7. The van der Waals surface area contributed by atoms with Gasteiger partial charge in [-0.15, -0.1) is 0 Å². The predicted molar refractivity (Wildman–Crippen MR) is 131 cm³/mol. The lowest BCUT2D eigenvalue weighted by molar-refractivity contribution is 0.0196. The zero-order valence-electron chi connectivity index (χ0n) is 20.3. The number of ether oxygens (including phenoxy) is 2. The molecule has 0 spiro atoms. The van der Waals surface area contributed by atoms with Crippen LogP contribution in [-0.4, -0.2) is 42.2 Å². The number of carbonyl (C=O) groups excluding carboxylic acids is 1. The van der Waals surface area contributed by atoms with Gasteiger partial charge >= 0.3 is 6.09 Å². The van der Waals surface area contributed by atoms with E-state index in [2.05, 4.69) is 9.55 Å². The van der Waals surface area contributed by atoms with Gasteiger partial charge in [0.15, 0.2) is 0 Å². The fourth-order valence-electron chi connectivity index (χ4n) is 4.05. The Morgan fingerprint density at radius 1 is 1.11 bits per heavy atom. The summed E-state index contributed by atoms with van der Waals surface area (Å²) in [5, 5.41) is 0. The van der Waals surface area contributed by atoms with Gasteiger partial charge in [0.2, 0.25) is 0 Å². The maximum atomic E-state index is 13.0. The van der Waals surface area contributed by atoms with Crippen molar-refractivity contribution in [3.8, 4) is 11.4 Å². The zero-order valence-corrected chi connectivity index (χ0v) is 20.3. The third kappa shape index (κ3) is 4.93. The highest BCUT2D eigenvalue weighted by Gasteiger charge is 2.27. The van der Waals surface area contributed by atoms with E-state index in [0.717, 1.165) is 23.1 Å². The number of aromatic nitrogens is 4. The van der Waals surface area contributed by atoms with Crippen molar-refractivity contribution in [3.63, 3.8) is 0 Å². The number of halogens is 1. The summed E-state index contributed by atoms with van der Waals surface area (Å²) in [5.74, 6) is 0.741. The van der Waals surface area contributed by atoms with E-state index >= 15 is 0 Å². The van der Waals surface area contributed by atoms with Crippen LogP contribution in [0.5, 0.6) is 5.75 Å². The molecule has 1 aliphatic heterocycles. The van der Waals surface area contributed by atoms with Gasteiger partial charge in [0.1, 0.15) is 29.6 Å². The Morgan fingerprint density at radius 3 is 2.67 bits per heavy atom. The van der Waals surface area contributed by atoms with Gasteiger partial charge in [-0.2, -0.15) is 0 Å². The van der Waals surface area contributed by atoms with Gasteiger partial charge in [0, 0.05) is 25.4 Å². The molecule has 0 radical (unpaired) electrons. The van der Waals surface area contributed by atoms with Crippen molar-refractivity contribution in [1.29, 1.82) is 0 Å². The summed E-state index contributed by atoms with van der Waals surface area (Å²) in [6.07, 6.45) is 2.40. The van der Waals surface area contributed by atoms with E-state index in [9.17, 15) is 14.0 Å². The molecule has 0 unspecified atom stereocenters. The van der Waals surface area contributed by atoms with Crippen LogP contribution in [0.2, 0.25) is 0 Å². The van der Waals surface area contributed by atoms with Crippen molar-refractivity contribution in [3.05, 3.63) is 82.5 Å². The minimum atomic E-state index is -0.560. The molecule has 10 heteroatoms. The van der Waals surface area contributed by atoms with Crippen LogP contribution in [0.15, 0.2) is 59.7 Å². The first kappa shape index (κ1) is 23.5. The van der Waals surface area contributed by atoms with Crippen LogP contribution in [-0.2, 0) is 24.4 Å². The number of benzene rings is 1. The Hall–Kier alpha value is -4.21. The summed E-state index contributed by atoms with van der Waals surface area (Å²) in [5.41, 5.74) is 2.08. The van der Waals surface area contributed by atoms with Gasteiger partial charge in [-0.1, -0.05) is 0 Å².